The van der Waals surface area contributed by atoms with Gasteiger partial charge < -0.3 is 14.3 Å². The fourth-order valence-electron chi connectivity index (χ4n) is 4.39. The number of hydrogen-bond donors (Lipinski definition) is 1. The average molecular weight is 346 g/mol. The predicted molar refractivity (Wildman–Crippen MR) is 92.1 cm³/mol. The summed E-state index contributed by atoms with van der Waals surface area (Å²) >= 11 is 0. The van der Waals surface area contributed by atoms with Crippen molar-refractivity contribution in [3.8, 4) is 0 Å². The highest BCUT2D eigenvalue weighted by Gasteiger charge is 2.63. The lowest BCUT2D eigenvalue weighted by Crippen LogP contribution is -2.59. The summed E-state index contributed by atoms with van der Waals surface area (Å²) in [6.07, 6.45) is 4.47. The Morgan fingerprint density at radius 1 is 1.44 bits per heavy atom. The van der Waals surface area contributed by atoms with Crippen LogP contribution >= 0.6 is 0 Å². The molecule has 3 rings (SSSR count). The maximum atomic E-state index is 13.0. The van der Waals surface area contributed by atoms with Gasteiger partial charge in [-0.15, -0.1) is 0 Å². The molecule has 5 nitrogen and oxygen atoms in total. The van der Waals surface area contributed by atoms with Crippen LogP contribution in [0.15, 0.2) is 22.3 Å². The molecule has 1 N–H and O–H groups in total. The first-order chi connectivity index (χ1) is 11.6. The number of aryl methyl sites for hydroxylation is 1. The summed E-state index contributed by atoms with van der Waals surface area (Å²) in [6.45, 7) is 8.92. The van der Waals surface area contributed by atoms with E-state index in [1.54, 1.807) is 26.8 Å². The van der Waals surface area contributed by atoms with Crippen LogP contribution in [0.2, 0.25) is 0 Å². The highest BCUT2D eigenvalue weighted by molar-refractivity contribution is 5.99. The molecule has 136 valence electrons. The van der Waals surface area contributed by atoms with Crippen LogP contribution in [-0.4, -0.2) is 22.5 Å². The second-order valence-corrected chi connectivity index (χ2v) is 7.78. The van der Waals surface area contributed by atoms with Crippen molar-refractivity contribution in [1.29, 1.82) is 0 Å². The van der Waals surface area contributed by atoms with Gasteiger partial charge in [0.1, 0.15) is 6.10 Å². The van der Waals surface area contributed by atoms with Crippen LogP contribution in [0.4, 0.5) is 0 Å². The second kappa shape index (κ2) is 5.84. The van der Waals surface area contributed by atoms with Gasteiger partial charge in [-0.1, -0.05) is 13.0 Å². The lowest BCUT2D eigenvalue weighted by molar-refractivity contribution is -0.194. The van der Waals surface area contributed by atoms with E-state index < -0.39 is 29.0 Å². The smallest absolute Gasteiger partial charge is 0.334 e. The first kappa shape index (κ1) is 17.9. The first-order valence-corrected chi connectivity index (χ1v) is 8.83. The molecule has 0 spiro atoms. The van der Waals surface area contributed by atoms with Crippen molar-refractivity contribution in [1.82, 2.24) is 0 Å². The summed E-state index contributed by atoms with van der Waals surface area (Å²) in [5, 5.41) is 11.2. The van der Waals surface area contributed by atoms with Crippen LogP contribution in [-0.2, 0) is 9.53 Å². The zero-order chi connectivity index (χ0) is 18.6. The first-order valence-electron chi connectivity index (χ1n) is 8.83. The summed E-state index contributed by atoms with van der Waals surface area (Å²) < 4.78 is 11.4. The van der Waals surface area contributed by atoms with Gasteiger partial charge in [0.05, 0.1) is 11.9 Å². The lowest BCUT2D eigenvalue weighted by atomic mass is 9.51. The van der Waals surface area contributed by atoms with Crippen LogP contribution in [0.3, 0.4) is 0 Å². The van der Waals surface area contributed by atoms with Crippen LogP contribution in [0.5, 0.6) is 0 Å². The van der Waals surface area contributed by atoms with E-state index in [9.17, 15) is 14.7 Å². The molecule has 1 aromatic heterocycles. The van der Waals surface area contributed by atoms with Crippen molar-refractivity contribution in [3.05, 3.63) is 34.8 Å². The molecular formula is C20H26O5. The van der Waals surface area contributed by atoms with Crippen molar-refractivity contribution in [2.24, 2.45) is 11.3 Å². The van der Waals surface area contributed by atoms with Gasteiger partial charge in [-0.3, -0.25) is 4.79 Å². The molecule has 1 saturated carbocycles. The van der Waals surface area contributed by atoms with Gasteiger partial charge in [0.15, 0.2) is 5.76 Å². The van der Waals surface area contributed by atoms with E-state index in [0.29, 0.717) is 24.0 Å². The molecule has 4 atom stereocenters. The fraction of sp³-hybridized carbons (Fsp3) is 0.600. The van der Waals surface area contributed by atoms with Crippen LogP contribution in [0, 0.1) is 18.3 Å². The minimum Gasteiger partial charge on any atom is -0.461 e. The third-order valence-corrected chi connectivity index (χ3v) is 6.39. The van der Waals surface area contributed by atoms with E-state index >= 15 is 0 Å². The molecule has 5 heteroatoms. The third-order valence-electron chi connectivity index (χ3n) is 6.39. The molecule has 0 bridgehead atoms. The van der Waals surface area contributed by atoms with E-state index in [-0.39, 0.29) is 11.5 Å². The number of ether oxygens (including phenoxy) is 1. The third kappa shape index (κ3) is 2.40. The second-order valence-electron chi connectivity index (χ2n) is 7.78. The molecular weight excluding hydrogens is 320 g/mol. The van der Waals surface area contributed by atoms with Crippen molar-refractivity contribution in [2.75, 3.05) is 0 Å². The van der Waals surface area contributed by atoms with Crippen molar-refractivity contribution in [2.45, 2.75) is 65.6 Å². The van der Waals surface area contributed by atoms with Crippen molar-refractivity contribution in [3.63, 3.8) is 0 Å². The molecule has 1 heterocycles. The maximum absolute atomic E-state index is 13.0. The number of carbonyl (C=O) groups excluding carboxylic acids is 2. The maximum Gasteiger partial charge on any atom is 0.334 e. The van der Waals surface area contributed by atoms with E-state index in [1.165, 1.54) is 6.26 Å². The molecule has 0 radical (unpaired) electrons. The minimum atomic E-state index is -1.12. The number of allylic oxidation sites excluding steroid dienone is 1. The number of esters is 1. The highest BCUT2D eigenvalue weighted by atomic mass is 16.5. The van der Waals surface area contributed by atoms with Gasteiger partial charge in [0.25, 0.3) is 0 Å². The Hall–Kier alpha value is -1.88. The Morgan fingerprint density at radius 2 is 2.12 bits per heavy atom. The monoisotopic (exact) mass is 346 g/mol. The molecule has 0 saturated heterocycles. The number of carbonyl (C=O) groups is 2. The quantitative estimate of drug-likeness (QED) is 0.649. The summed E-state index contributed by atoms with van der Waals surface area (Å²) in [6, 6.07) is 0. The van der Waals surface area contributed by atoms with Crippen LogP contribution in [0.1, 0.15) is 74.7 Å². The Morgan fingerprint density at radius 3 is 2.76 bits per heavy atom. The minimum absolute atomic E-state index is 0.0966. The number of fused-ring (bicyclic) bond motifs is 2. The molecule has 1 fully saturated rings. The van der Waals surface area contributed by atoms with Gasteiger partial charge in [0, 0.05) is 22.5 Å². The molecule has 25 heavy (non-hydrogen) atoms. The average Bonchev–Trinajstić information content (AvgIpc) is 2.94. The largest absolute Gasteiger partial charge is 0.461 e. The summed E-state index contributed by atoms with van der Waals surface area (Å²) in [4.78, 5) is 25.5. The Kier molecular flexibility index (Phi) is 4.18. The number of aliphatic hydroxyl groups is 1. The molecule has 2 aliphatic rings. The number of furan rings is 1. The zero-order valence-electron chi connectivity index (χ0n) is 15.5. The van der Waals surface area contributed by atoms with Gasteiger partial charge in [-0.05, 0) is 52.5 Å². The Bertz CT molecular complexity index is 754. The van der Waals surface area contributed by atoms with E-state index in [4.69, 9.17) is 9.15 Å². The molecule has 0 amide bonds. The van der Waals surface area contributed by atoms with Crippen molar-refractivity contribution >= 4 is 11.8 Å². The zero-order valence-corrected chi connectivity index (χ0v) is 15.5. The summed E-state index contributed by atoms with van der Waals surface area (Å²) in [5.41, 5.74) is -0.159. The Labute approximate surface area is 148 Å². The standard InChI is InChI=1S/C20H26O5/c1-6-11(2)18(22)25-17-14-12(3)10-24-16(14)15(21)13-8-7-9-19(4,23)20(13,17)5/h6,10,13,17,23H,7-9H2,1-5H3/t13-,17+,19-,20-/m0/s1. The summed E-state index contributed by atoms with van der Waals surface area (Å²) in [7, 11) is 0. The van der Waals surface area contributed by atoms with Crippen LogP contribution in [0.25, 0.3) is 0 Å². The van der Waals surface area contributed by atoms with E-state index in [1.807, 2.05) is 13.8 Å². The fourth-order valence-corrected chi connectivity index (χ4v) is 4.39. The topological polar surface area (TPSA) is 76.7 Å². The Balaban J connectivity index is 2.19. The van der Waals surface area contributed by atoms with Crippen LogP contribution < -0.4 is 0 Å². The number of hydrogen-bond acceptors (Lipinski definition) is 5. The molecule has 2 aliphatic carbocycles. The molecule has 1 aromatic rings. The number of ketones is 1. The molecule has 0 aliphatic heterocycles. The van der Waals surface area contributed by atoms with Gasteiger partial charge >= 0.3 is 5.97 Å². The summed E-state index contributed by atoms with van der Waals surface area (Å²) in [5.74, 6) is -0.693. The normalized spacial score (nSPS) is 35.1. The molecule has 0 aromatic carbocycles. The molecule has 0 unspecified atom stereocenters. The van der Waals surface area contributed by atoms with E-state index in [0.717, 1.165) is 12.0 Å². The van der Waals surface area contributed by atoms with Gasteiger partial charge in [-0.25, -0.2) is 4.79 Å². The van der Waals surface area contributed by atoms with E-state index in [2.05, 4.69) is 0 Å². The van der Waals surface area contributed by atoms with Gasteiger partial charge in [0.2, 0.25) is 5.78 Å². The number of Topliss-reactive ketones (excluding diaryl/α,β-unsaturated/α-hetero) is 1. The SMILES string of the molecule is CC=C(C)C(=O)O[C@@H]1c2c(C)coc2C(=O)[C@@H]2CCC[C@](C)(O)[C@]12C. The highest BCUT2D eigenvalue weighted by Crippen LogP contribution is 2.61. The van der Waals surface area contributed by atoms with Gasteiger partial charge in [-0.2, -0.15) is 0 Å². The van der Waals surface area contributed by atoms with Crippen molar-refractivity contribution < 1.29 is 23.8 Å². The lowest BCUT2D eigenvalue weighted by Gasteiger charge is -2.55. The number of rotatable bonds is 2. The predicted octanol–water partition coefficient (Wildman–Crippen LogP) is 3.89.